The summed E-state index contributed by atoms with van der Waals surface area (Å²) in [5.74, 6) is 1.45. The van der Waals surface area contributed by atoms with Gasteiger partial charge in [-0.05, 0) is 30.9 Å². The maximum Gasteiger partial charge on any atom is 0.230 e. The SMILES string of the molecule is CC1CCCC(NC(=O)CSc2ccccc2)C1. The van der Waals surface area contributed by atoms with Gasteiger partial charge in [0.05, 0.1) is 5.75 Å². The van der Waals surface area contributed by atoms with E-state index in [-0.39, 0.29) is 5.91 Å². The zero-order valence-electron chi connectivity index (χ0n) is 10.9. The van der Waals surface area contributed by atoms with Crippen molar-refractivity contribution in [2.24, 2.45) is 5.92 Å². The Morgan fingerprint density at radius 3 is 2.83 bits per heavy atom. The molecule has 1 fully saturated rings. The number of hydrogen-bond donors (Lipinski definition) is 1. The molecule has 0 radical (unpaired) electrons. The summed E-state index contributed by atoms with van der Waals surface area (Å²) >= 11 is 1.61. The van der Waals surface area contributed by atoms with Crippen LogP contribution in [0.25, 0.3) is 0 Å². The van der Waals surface area contributed by atoms with E-state index >= 15 is 0 Å². The van der Waals surface area contributed by atoms with E-state index < -0.39 is 0 Å². The molecular formula is C15H21NOS. The molecule has 0 heterocycles. The largest absolute Gasteiger partial charge is 0.353 e. The van der Waals surface area contributed by atoms with Gasteiger partial charge < -0.3 is 5.32 Å². The Bertz CT molecular complexity index is 379. The zero-order valence-corrected chi connectivity index (χ0v) is 11.7. The minimum atomic E-state index is 0.169. The van der Waals surface area contributed by atoms with Gasteiger partial charge in [0.2, 0.25) is 5.91 Å². The van der Waals surface area contributed by atoms with E-state index in [1.807, 2.05) is 30.3 Å². The molecule has 18 heavy (non-hydrogen) atoms. The predicted octanol–water partition coefficient (Wildman–Crippen LogP) is 3.47. The number of rotatable bonds is 4. The van der Waals surface area contributed by atoms with Gasteiger partial charge >= 0.3 is 0 Å². The Morgan fingerprint density at radius 2 is 2.11 bits per heavy atom. The Morgan fingerprint density at radius 1 is 1.33 bits per heavy atom. The summed E-state index contributed by atoms with van der Waals surface area (Å²) in [6, 6.07) is 10.5. The van der Waals surface area contributed by atoms with Crippen molar-refractivity contribution in [3.05, 3.63) is 30.3 Å². The molecule has 2 nitrogen and oxygen atoms in total. The fourth-order valence-corrected chi connectivity index (χ4v) is 3.23. The van der Waals surface area contributed by atoms with E-state index in [1.165, 1.54) is 12.8 Å². The Labute approximate surface area is 114 Å². The van der Waals surface area contributed by atoms with Crippen molar-refractivity contribution >= 4 is 17.7 Å². The molecule has 2 unspecified atom stereocenters. The highest BCUT2D eigenvalue weighted by molar-refractivity contribution is 8.00. The van der Waals surface area contributed by atoms with Crippen LogP contribution in [0, 0.1) is 5.92 Å². The summed E-state index contributed by atoms with van der Waals surface area (Å²) in [6.07, 6.45) is 4.84. The highest BCUT2D eigenvalue weighted by Gasteiger charge is 2.20. The van der Waals surface area contributed by atoms with E-state index in [2.05, 4.69) is 12.2 Å². The van der Waals surface area contributed by atoms with Crippen LogP contribution in [0.3, 0.4) is 0 Å². The summed E-state index contributed by atoms with van der Waals surface area (Å²) < 4.78 is 0. The highest BCUT2D eigenvalue weighted by Crippen LogP contribution is 2.23. The van der Waals surface area contributed by atoms with Crippen LogP contribution in [0.5, 0.6) is 0 Å². The lowest BCUT2D eigenvalue weighted by Gasteiger charge is -2.27. The van der Waals surface area contributed by atoms with Crippen molar-refractivity contribution in [1.29, 1.82) is 0 Å². The van der Waals surface area contributed by atoms with Gasteiger partial charge in [0.25, 0.3) is 0 Å². The molecule has 0 aromatic heterocycles. The maximum absolute atomic E-state index is 11.9. The van der Waals surface area contributed by atoms with Crippen molar-refractivity contribution in [2.75, 3.05) is 5.75 Å². The number of benzene rings is 1. The van der Waals surface area contributed by atoms with E-state index in [0.29, 0.717) is 11.8 Å². The first-order valence-corrected chi connectivity index (χ1v) is 7.70. The minimum Gasteiger partial charge on any atom is -0.353 e. The molecule has 1 saturated carbocycles. The van der Waals surface area contributed by atoms with Crippen LogP contribution < -0.4 is 5.32 Å². The van der Waals surface area contributed by atoms with Crippen molar-refractivity contribution in [3.63, 3.8) is 0 Å². The van der Waals surface area contributed by atoms with Crippen LogP contribution in [0.1, 0.15) is 32.6 Å². The second kappa shape index (κ2) is 6.83. The molecule has 1 aliphatic carbocycles. The molecule has 1 amide bonds. The molecule has 2 rings (SSSR count). The zero-order chi connectivity index (χ0) is 12.8. The molecule has 0 bridgehead atoms. The third-order valence-electron chi connectivity index (χ3n) is 3.41. The number of carbonyl (C=O) groups excluding carboxylic acids is 1. The molecule has 0 saturated heterocycles. The van der Waals surface area contributed by atoms with Crippen molar-refractivity contribution in [3.8, 4) is 0 Å². The van der Waals surface area contributed by atoms with E-state index in [1.54, 1.807) is 11.8 Å². The number of thioether (sulfide) groups is 1. The fourth-order valence-electron chi connectivity index (χ4n) is 2.50. The Kier molecular flexibility index (Phi) is 5.12. The molecule has 1 aromatic carbocycles. The van der Waals surface area contributed by atoms with Gasteiger partial charge in [0.15, 0.2) is 0 Å². The topological polar surface area (TPSA) is 29.1 Å². The quantitative estimate of drug-likeness (QED) is 0.843. The van der Waals surface area contributed by atoms with Gasteiger partial charge in [-0.3, -0.25) is 4.79 Å². The van der Waals surface area contributed by atoms with Gasteiger partial charge in [0.1, 0.15) is 0 Å². The van der Waals surface area contributed by atoms with E-state index in [4.69, 9.17) is 0 Å². The van der Waals surface area contributed by atoms with Gasteiger partial charge in [-0.15, -0.1) is 11.8 Å². The molecule has 98 valence electrons. The molecule has 1 aromatic rings. The third-order valence-corrected chi connectivity index (χ3v) is 4.43. The summed E-state index contributed by atoms with van der Waals surface area (Å²) in [5.41, 5.74) is 0. The second-order valence-corrected chi connectivity index (χ2v) is 6.19. The molecule has 3 heteroatoms. The lowest BCUT2D eigenvalue weighted by molar-refractivity contribution is -0.119. The summed E-state index contributed by atoms with van der Waals surface area (Å²) in [4.78, 5) is 13.0. The number of nitrogens with one attached hydrogen (secondary N) is 1. The van der Waals surface area contributed by atoms with Gasteiger partial charge in [-0.25, -0.2) is 0 Å². The van der Waals surface area contributed by atoms with Crippen LogP contribution in [0.15, 0.2) is 35.2 Å². The molecule has 0 aliphatic heterocycles. The molecule has 1 N–H and O–H groups in total. The number of amides is 1. The number of carbonyl (C=O) groups is 1. The normalized spacial score (nSPS) is 23.6. The average Bonchev–Trinajstić information content (AvgIpc) is 2.38. The molecule has 1 aliphatic rings. The lowest BCUT2D eigenvalue weighted by Crippen LogP contribution is -2.38. The predicted molar refractivity (Wildman–Crippen MR) is 76.7 cm³/mol. The fraction of sp³-hybridized carbons (Fsp3) is 0.533. The first-order chi connectivity index (χ1) is 8.74. The first-order valence-electron chi connectivity index (χ1n) is 6.71. The van der Waals surface area contributed by atoms with Crippen molar-refractivity contribution in [1.82, 2.24) is 5.32 Å². The van der Waals surface area contributed by atoms with Crippen LogP contribution in [0.2, 0.25) is 0 Å². The molecular weight excluding hydrogens is 242 g/mol. The lowest BCUT2D eigenvalue weighted by atomic mass is 9.87. The van der Waals surface area contributed by atoms with Crippen LogP contribution in [0.4, 0.5) is 0 Å². The van der Waals surface area contributed by atoms with E-state index in [0.717, 1.165) is 23.7 Å². The standard InChI is InChI=1S/C15H21NOS/c1-12-6-5-7-13(10-12)16-15(17)11-18-14-8-3-2-4-9-14/h2-4,8-9,12-13H,5-7,10-11H2,1H3,(H,16,17). The van der Waals surface area contributed by atoms with Crippen LogP contribution >= 0.6 is 11.8 Å². The first kappa shape index (κ1) is 13.5. The molecule has 2 atom stereocenters. The minimum absolute atomic E-state index is 0.169. The van der Waals surface area contributed by atoms with Gasteiger partial charge in [-0.2, -0.15) is 0 Å². The maximum atomic E-state index is 11.9. The molecule has 0 spiro atoms. The smallest absolute Gasteiger partial charge is 0.230 e. The second-order valence-electron chi connectivity index (χ2n) is 5.14. The van der Waals surface area contributed by atoms with Crippen LogP contribution in [-0.4, -0.2) is 17.7 Å². The third kappa shape index (κ3) is 4.37. The highest BCUT2D eigenvalue weighted by atomic mass is 32.2. The van der Waals surface area contributed by atoms with Crippen LogP contribution in [-0.2, 0) is 4.79 Å². The van der Waals surface area contributed by atoms with Gasteiger partial charge in [-0.1, -0.05) is 38.0 Å². The average molecular weight is 263 g/mol. The van der Waals surface area contributed by atoms with Crippen molar-refractivity contribution < 1.29 is 4.79 Å². The van der Waals surface area contributed by atoms with Gasteiger partial charge in [0, 0.05) is 10.9 Å². The Balaban J connectivity index is 1.72. The Hall–Kier alpha value is -0.960. The summed E-state index contributed by atoms with van der Waals surface area (Å²) in [5, 5.41) is 3.16. The summed E-state index contributed by atoms with van der Waals surface area (Å²) in [6.45, 7) is 2.27. The monoisotopic (exact) mass is 263 g/mol. The van der Waals surface area contributed by atoms with Crippen molar-refractivity contribution in [2.45, 2.75) is 43.5 Å². The summed E-state index contributed by atoms with van der Waals surface area (Å²) in [7, 11) is 0. The van der Waals surface area contributed by atoms with E-state index in [9.17, 15) is 4.79 Å². The number of hydrogen-bond acceptors (Lipinski definition) is 2.